The van der Waals surface area contributed by atoms with Crippen molar-refractivity contribution in [3.8, 4) is 0 Å². The van der Waals surface area contributed by atoms with E-state index < -0.39 is 0 Å². The molecule has 1 amide bonds. The predicted octanol–water partition coefficient (Wildman–Crippen LogP) is 2.16. The molecule has 0 saturated heterocycles. The molecule has 0 fully saturated rings. The van der Waals surface area contributed by atoms with E-state index in [4.69, 9.17) is 5.84 Å². The summed E-state index contributed by atoms with van der Waals surface area (Å²) in [6.07, 6.45) is 0.765. The van der Waals surface area contributed by atoms with Crippen LogP contribution in [0.2, 0.25) is 0 Å². The minimum Gasteiger partial charge on any atom is -0.293 e. The van der Waals surface area contributed by atoms with E-state index in [0.29, 0.717) is 0 Å². The SMILES string of the molecule is CCC(Sc1ccc(C)c(C)c1)C(=O)NN. The molecule has 1 aromatic rings. The van der Waals surface area contributed by atoms with E-state index in [-0.39, 0.29) is 11.2 Å². The monoisotopic (exact) mass is 238 g/mol. The summed E-state index contributed by atoms with van der Waals surface area (Å²) in [6, 6.07) is 6.22. The molecule has 0 aliphatic carbocycles. The summed E-state index contributed by atoms with van der Waals surface area (Å²) in [5, 5.41) is -0.118. The maximum absolute atomic E-state index is 11.4. The number of carbonyl (C=O) groups excluding carboxylic acids is 1. The van der Waals surface area contributed by atoms with Gasteiger partial charge in [0.1, 0.15) is 0 Å². The summed E-state index contributed by atoms with van der Waals surface area (Å²) in [5.41, 5.74) is 4.71. The molecule has 1 rings (SSSR count). The first-order valence-electron chi connectivity index (χ1n) is 5.32. The minimum absolute atomic E-state index is 0.118. The summed E-state index contributed by atoms with van der Waals surface area (Å²) in [6.45, 7) is 6.13. The third-order valence-electron chi connectivity index (χ3n) is 2.56. The maximum atomic E-state index is 11.4. The van der Waals surface area contributed by atoms with Gasteiger partial charge in [-0.05, 0) is 43.5 Å². The van der Waals surface area contributed by atoms with Gasteiger partial charge in [0.25, 0.3) is 0 Å². The zero-order chi connectivity index (χ0) is 12.1. The van der Waals surface area contributed by atoms with Crippen molar-refractivity contribution < 1.29 is 4.79 Å². The van der Waals surface area contributed by atoms with Crippen LogP contribution in [0.15, 0.2) is 23.1 Å². The quantitative estimate of drug-likeness (QED) is 0.366. The third-order valence-corrected chi connectivity index (χ3v) is 3.92. The van der Waals surface area contributed by atoms with Gasteiger partial charge in [-0.1, -0.05) is 13.0 Å². The Bertz CT molecular complexity index is 379. The van der Waals surface area contributed by atoms with Crippen LogP contribution < -0.4 is 11.3 Å². The Balaban J connectivity index is 2.78. The van der Waals surface area contributed by atoms with E-state index in [0.717, 1.165) is 11.3 Å². The molecule has 1 atom stereocenters. The van der Waals surface area contributed by atoms with Gasteiger partial charge in [-0.3, -0.25) is 10.2 Å². The van der Waals surface area contributed by atoms with Gasteiger partial charge in [-0.25, -0.2) is 5.84 Å². The van der Waals surface area contributed by atoms with Crippen molar-refractivity contribution >= 4 is 17.7 Å². The van der Waals surface area contributed by atoms with Crippen molar-refractivity contribution in [2.45, 2.75) is 37.3 Å². The molecule has 0 aliphatic rings. The fraction of sp³-hybridized carbons (Fsp3) is 0.417. The molecule has 1 unspecified atom stereocenters. The lowest BCUT2D eigenvalue weighted by molar-refractivity contribution is -0.120. The average Bonchev–Trinajstić information content (AvgIpc) is 2.29. The minimum atomic E-state index is -0.120. The summed E-state index contributed by atoms with van der Waals surface area (Å²) in [7, 11) is 0. The Kier molecular flexibility index (Phi) is 4.83. The van der Waals surface area contributed by atoms with E-state index in [9.17, 15) is 4.79 Å². The fourth-order valence-electron chi connectivity index (χ4n) is 1.37. The molecule has 3 nitrogen and oxygen atoms in total. The van der Waals surface area contributed by atoms with Crippen molar-refractivity contribution in [1.29, 1.82) is 0 Å². The molecular weight excluding hydrogens is 220 g/mol. The van der Waals surface area contributed by atoms with Crippen LogP contribution in [-0.2, 0) is 4.79 Å². The second kappa shape index (κ2) is 5.92. The molecule has 16 heavy (non-hydrogen) atoms. The molecule has 0 aromatic heterocycles. The Morgan fingerprint density at radius 1 is 1.44 bits per heavy atom. The lowest BCUT2D eigenvalue weighted by atomic mass is 10.1. The number of hydrazine groups is 1. The highest BCUT2D eigenvalue weighted by atomic mass is 32.2. The van der Waals surface area contributed by atoms with Crippen molar-refractivity contribution in [2.75, 3.05) is 0 Å². The van der Waals surface area contributed by atoms with Gasteiger partial charge >= 0.3 is 0 Å². The van der Waals surface area contributed by atoms with Gasteiger partial charge in [0.2, 0.25) is 5.91 Å². The lowest BCUT2D eigenvalue weighted by Crippen LogP contribution is -2.37. The summed E-state index contributed by atoms with van der Waals surface area (Å²) >= 11 is 1.55. The van der Waals surface area contributed by atoms with Crippen LogP contribution in [0.1, 0.15) is 24.5 Å². The van der Waals surface area contributed by atoms with E-state index in [1.165, 1.54) is 11.1 Å². The van der Waals surface area contributed by atoms with Gasteiger partial charge in [0.05, 0.1) is 5.25 Å². The highest BCUT2D eigenvalue weighted by Crippen LogP contribution is 2.27. The molecule has 1 aromatic carbocycles. The van der Waals surface area contributed by atoms with E-state index >= 15 is 0 Å². The topological polar surface area (TPSA) is 55.1 Å². The number of nitrogens with two attached hydrogens (primary N) is 1. The van der Waals surface area contributed by atoms with Crippen LogP contribution in [0.25, 0.3) is 0 Å². The lowest BCUT2D eigenvalue weighted by Gasteiger charge is -2.13. The summed E-state index contributed by atoms with van der Waals surface area (Å²) in [5.74, 6) is 5.02. The Morgan fingerprint density at radius 3 is 2.62 bits per heavy atom. The first-order chi connectivity index (χ1) is 7.58. The van der Waals surface area contributed by atoms with E-state index in [1.807, 2.05) is 13.0 Å². The molecule has 3 N–H and O–H groups in total. The number of hydrogen-bond acceptors (Lipinski definition) is 3. The van der Waals surface area contributed by atoms with Crippen molar-refractivity contribution in [3.05, 3.63) is 29.3 Å². The van der Waals surface area contributed by atoms with Crippen molar-refractivity contribution in [1.82, 2.24) is 5.43 Å². The number of amides is 1. The molecular formula is C12H18N2OS. The highest BCUT2D eigenvalue weighted by molar-refractivity contribution is 8.00. The number of carbonyl (C=O) groups is 1. The molecule has 88 valence electrons. The largest absolute Gasteiger partial charge is 0.293 e. The average molecular weight is 238 g/mol. The number of rotatable bonds is 4. The third kappa shape index (κ3) is 3.25. The molecule has 0 aliphatic heterocycles. The zero-order valence-electron chi connectivity index (χ0n) is 9.91. The van der Waals surface area contributed by atoms with Crippen LogP contribution in [0.5, 0.6) is 0 Å². The number of aryl methyl sites for hydroxylation is 2. The van der Waals surface area contributed by atoms with Gasteiger partial charge in [-0.2, -0.15) is 0 Å². The Labute approximate surface area is 101 Å². The fourth-order valence-corrected chi connectivity index (χ4v) is 2.43. The Hall–Kier alpha value is -1.00. The number of hydrogen-bond donors (Lipinski definition) is 2. The van der Waals surface area contributed by atoms with Crippen molar-refractivity contribution in [2.24, 2.45) is 5.84 Å². The molecule has 0 bridgehead atoms. The molecule has 4 heteroatoms. The van der Waals surface area contributed by atoms with Gasteiger partial charge in [0.15, 0.2) is 0 Å². The second-order valence-corrected chi connectivity index (χ2v) is 5.05. The predicted molar refractivity (Wildman–Crippen MR) is 68.2 cm³/mol. The number of thioether (sulfide) groups is 1. The van der Waals surface area contributed by atoms with Crippen molar-refractivity contribution in [3.63, 3.8) is 0 Å². The standard InChI is InChI=1S/C12H18N2OS/c1-4-11(12(15)14-13)16-10-6-5-8(2)9(3)7-10/h5-7,11H,4,13H2,1-3H3,(H,14,15). The highest BCUT2D eigenvalue weighted by Gasteiger charge is 2.16. The van der Waals surface area contributed by atoms with Crippen LogP contribution >= 0.6 is 11.8 Å². The normalized spacial score (nSPS) is 12.2. The molecule has 0 heterocycles. The van der Waals surface area contributed by atoms with Gasteiger partial charge in [0, 0.05) is 4.90 Å². The Morgan fingerprint density at radius 2 is 2.12 bits per heavy atom. The number of nitrogens with one attached hydrogen (secondary N) is 1. The van der Waals surface area contributed by atoms with Crippen LogP contribution in [0.3, 0.4) is 0 Å². The smallest absolute Gasteiger partial charge is 0.247 e. The molecule has 0 saturated carbocycles. The van der Waals surface area contributed by atoms with Crippen LogP contribution in [-0.4, -0.2) is 11.2 Å². The number of benzene rings is 1. The van der Waals surface area contributed by atoms with Crippen LogP contribution in [0, 0.1) is 13.8 Å². The van der Waals surface area contributed by atoms with E-state index in [2.05, 4.69) is 31.4 Å². The van der Waals surface area contributed by atoms with Gasteiger partial charge < -0.3 is 0 Å². The zero-order valence-corrected chi connectivity index (χ0v) is 10.7. The summed E-state index contributed by atoms with van der Waals surface area (Å²) in [4.78, 5) is 12.6. The molecule has 0 spiro atoms. The first kappa shape index (κ1) is 13.1. The molecule has 0 radical (unpaired) electrons. The van der Waals surface area contributed by atoms with Crippen LogP contribution in [0.4, 0.5) is 0 Å². The van der Waals surface area contributed by atoms with E-state index in [1.54, 1.807) is 11.8 Å². The van der Waals surface area contributed by atoms with Gasteiger partial charge in [-0.15, -0.1) is 11.8 Å². The summed E-state index contributed by atoms with van der Waals surface area (Å²) < 4.78 is 0. The first-order valence-corrected chi connectivity index (χ1v) is 6.20. The maximum Gasteiger partial charge on any atom is 0.247 e. The second-order valence-electron chi connectivity index (χ2n) is 3.77.